The number of thiazole rings is 1. The Hall–Kier alpha value is -1.92. The van der Waals surface area contributed by atoms with Crippen molar-refractivity contribution in [1.29, 1.82) is 0 Å². The molecule has 0 amide bonds. The molecule has 2 aromatic carbocycles. The van der Waals surface area contributed by atoms with Gasteiger partial charge in [0.15, 0.2) is 6.10 Å². The number of ether oxygens (including phenoxy) is 1. The Labute approximate surface area is 218 Å². The molecule has 1 heterocycles. The summed E-state index contributed by atoms with van der Waals surface area (Å²) in [5.41, 5.74) is 4.06. The monoisotopic (exact) mass is 519 g/mol. The quantitative estimate of drug-likeness (QED) is 0.176. The molecule has 0 saturated carbocycles. The first-order valence-corrected chi connectivity index (χ1v) is 14.4. The molecular formula is C30H40F3NOS. The van der Waals surface area contributed by atoms with Crippen molar-refractivity contribution < 1.29 is 17.9 Å². The molecule has 0 aliphatic heterocycles. The maximum atomic E-state index is 13.3. The van der Waals surface area contributed by atoms with Gasteiger partial charge in [0.05, 0.1) is 16.8 Å². The number of hydrogen-bond acceptors (Lipinski definition) is 3. The zero-order valence-electron chi connectivity index (χ0n) is 21.7. The maximum Gasteiger partial charge on any atom is 0.414 e. The van der Waals surface area contributed by atoms with Gasteiger partial charge in [0.25, 0.3) is 0 Å². The van der Waals surface area contributed by atoms with Gasteiger partial charge in [-0.2, -0.15) is 13.2 Å². The van der Waals surface area contributed by atoms with Gasteiger partial charge in [-0.25, -0.2) is 4.98 Å². The summed E-state index contributed by atoms with van der Waals surface area (Å²) in [7, 11) is 0. The molecule has 0 aliphatic rings. The molecule has 2 nitrogen and oxygen atoms in total. The van der Waals surface area contributed by atoms with Crippen LogP contribution in [0.4, 0.5) is 13.2 Å². The SMILES string of the molecule is CCCCCCCCc1ccc2nc(-c3ccc(COC(CCCCCC)C(F)(F)F)cc3)sc2c1. The van der Waals surface area contributed by atoms with Gasteiger partial charge >= 0.3 is 6.18 Å². The first-order chi connectivity index (χ1) is 17.4. The number of benzene rings is 2. The summed E-state index contributed by atoms with van der Waals surface area (Å²) < 4.78 is 46.5. The summed E-state index contributed by atoms with van der Waals surface area (Å²) in [6.45, 7) is 4.25. The van der Waals surface area contributed by atoms with Gasteiger partial charge in [0.2, 0.25) is 0 Å². The lowest BCUT2D eigenvalue weighted by Gasteiger charge is -2.21. The van der Waals surface area contributed by atoms with Crippen LogP contribution in [0.2, 0.25) is 0 Å². The fourth-order valence-electron chi connectivity index (χ4n) is 4.40. The van der Waals surface area contributed by atoms with Gasteiger partial charge < -0.3 is 4.74 Å². The van der Waals surface area contributed by atoms with Crippen LogP contribution >= 0.6 is 11.3 Å². The summed E-state index contributed by atoms with van der Waals surface area (Å²) >= 11 is 1.66. The number of hydrogen-bond donors (Lipinski definition) is 0. The third-order valence-corrected chi connectivity index (χ3v) is 7.68. The predicted molar refractivity (Wildman–Crippen MR) is 146 cm³/mol. The Balaban J connectivity index is 1.55. The van der Waals surface area contributed by atoms with Crippen LogP contribution in [0, 0.1) is 0 Å². The maximum absolute atomic E-state index is 13.3. The van der Waals surface area contributed by atoms with E-state index in [1.807, 2.05) is 31.2 Å². The molecule has 0 radical (unpaired) electrons. The highest BCUT2D eigenvalue weighted by molar-refractivity contribution is 7.21. The van der Waals surface area contributed by atoms with Crippen molar-refractivity contribution >= 4 is 21.6 Å². The fraction of sp³-hybridized carbons (Fsp3) is 0.567. The molecule has 1 unspecified atom stereocenters. The smallest absolute Gasteiger partial charge is 0.364 e. The normalized spacial score (nSPS) is 12.9. The molecule has 1 atom stereocenters. The van der Waals surface area contributed by atoms with E-state index < -0.39 is 12.3 Å². The molecule has 198 valence electrons. The fourth-order valence-corrected chi connectivity index (χ4v) is 5.43. The summed E-state index contributed by atoms with van der Waals surface area (Å²) in [6, 6.07) is 14.1. The van der Waals surface area contributed by atoms with E-state index in [1.165, 1.54) is 48.8 Å². The van der Waals surface area contributed by atoms with Gasteiger partial charge in [0.1, 0.15) is 5.01 Å². The Morgan fingerprint density at radius 3 is 2.14 bits per heavy atom. The van der Waals surface area contributed by atoms with Crippen molar-refractivity contribution in [2.45, 2.75) is 110 Å². The van der Waals surface area contributed by atoms with Crippen LogP contribution in [0.1, 0.15) is 95.6 Å². The molecular weight excluding hydrogens is 479 g/mol. The molecule has 1 aromatic heterocycles. The number of aromatic nitrogens is 1. The van der Waals surface area contributed by atoms with Crippen LogP contribution in [-0.4, -0.2) is 17.3 Å². The number of fused-ring (bicyclic) bond motifs is 1. The average molecular weight is 520 g/mol. The minimum Gasteiger partial charge on any atom is -0.364 e. The molecule has 3 aromatic rings. The third-order valence-electron chi connectivity index (χ3n) is 6.61. The number of unbranched alkanes of at least 4 members (excludes halogenated alkanes) is 8. The number of halogens is 3. The van der Waals surface area contributed by atoms with Crippen LogP contribution in [-0.2, 0) is 17.8 Å². The number of rotatable bonds is 16. The lowest BCUT2D eigenvalue weighted by atomic mass is 10.0. The van der Waals surface area contributed by atoms with E-state index in [0.717, 1.165) is 47.3 Å². The van der Waals surface area contributed by atoms with Crippen LogP contribution in [0.15, 0.2) is 42.5 Å². The molecule has 0 saturated heterocycles. The Kier molecular flexibility index (Phi) is 11.7. The topological polar surface area (TPSA) is 22.1 Å². The highest BCUT2D eigenvalue weighted by atomic mass is 32.1. The second-order valence-electron chi connectivity index (χ2n) is 9.73. The van der Waals surface area contributed by atoms with Gasteiger partial charge in [-0.1, -0.05) is 102 Å². The minimum absolute atomic E-state index is 0.0220. The van der Waals surface area contributed by atoms with E-state index >= 15 is 0 Å². The summed E-state index contributed by atoms with van der Waals surface area (Å²) in [4.78, 5) is 4.78. The zero-order chi connectivity index (χ0) is 25.8. The van der Waals surface area contributed by atoms with Crippen molar-refractivity contribution in [3.05, 3.63) is 53.6 Å². The highest BCUT2D eigenvalue weighted by Crippen LogP contribution is 2.32. The molecule has 0 aliphatic carbocycles. The van der Waals surface area contributed by atoms with E-state index in [9.17, 15) is 13.2 Å². The molecule has 0 N–H and O–H groups in total. The van der Waals surface area contributed by atoms with Crippen molar-refractivity contribution in [1.82, 2.24) is 4.98 Å². The Morgan fingerprint density at radius 1 is 0.806 bits per heavy atom. The van der Waals surface area contributed by atoms with Crippen LogP contribution in [0.25, 0.3) is 20.8 Å². The third kappa shape index (κ3) is 9.19. The van der Waals surface area contributed by atoms with Gasteiger partial charge in [-0.05, 0) is 42.5 Å². The Morgan fingerprint density at radius 2 is 1.44 bits per heavy atom. The van der Waals surface area contributed by atoms with Crippen LogP contribution in [0.3, 0.4) is 0 Å². The first kappa shape index (κ1) is 28.6. The Bertz CT molecular complexity index is 1030. The first-order valence-electron chi connectivity index (χ1n) is 13.6. The summed E-state index contributed by atoms with van der Waals surface area (Å²) in [5, 5.41) is 0.929. The lowest BCUT2D eigenvalue weighted by Crippen LogP contribution is -2.31. The van der Waals surface area contributed by atoms with Gasteiger partial charge in [0, 0.05) is 5.56 Å². The van der Waals surface area contributed by atoms with Crippen molar-refractivity contribution in [2.75, 3.05) is 0 Å². The highest BCUT2D eigenvalue weighted by Gasteiger charge is 2.40. The standard InChI is InChI=1S/C30H40F3NOS/c1-3-5-7-9-10-11-13-23-17-20-26-27(21-23)36-29(34-26)25-18-15-24(16-19-25)22-35-28(30(31,32)33)14-12-8-6-4-2/h15-21,28H,3-14,22H2,1-2H3. The second kappa shape index (κ2) is 14.7. The summed E-state index contributed by atoms with van der Waals surface area (Å²) in [6.07, 6.45) is 6.15. The van der Waals surface area contributed by atoms with Gasteiger partial charge in [-0.15, -0.1) is 11.3 Å². The van der Waals surface area contributed by atoms with Crippen molar-refractivity contribution in [3.63, 3.8) is 0 Å². The largest absolute Gasteiger partial charge is 0.414 e. The predicted octanol–water partition coefficient (Wildman–Crippen LogP) is 10.3. The van der Waals surface area contributed by atoms with E-state index in [1.54, 1.807) is 11.3 Å². The van der Waals surface area contributed by atoms with Crippen molar-refractivity contribution in [2.24, 2.45) is 0 Å². The zero-order valence-corrected chi connectivity index (χ0v) is 22.5. The van der Waals surface area contributed by atoms with E-state index in [-0.39, 0.29) is 13.0 Å². The molecule has 0 bridgehead atoms. The summed E-state index contributed by atoms with van der Waals surface area (Å²) in [5.74, 6) is 0. The minimum atomic E-state index is -4.33. The average Bonchev–Trinajstić information content (AvgIpc) is 3.29. The lowest BCUT2D eigenvalue weighted by molar-refractivity contribution is -0.225. The molecule has 0 fully saturated rings. The van der Waals surface area contributed by atoms with Crippen LogP contribution in [0.5, 0.6) is 0 Å². The number of alkyl halides is 3. The van der Waals surface area contributed by atoms with E-state index in [2.05, 4.69) is 25.1 Å². The molecule has 0 spiro atoms. The number of aryl methyl sites for hydroxylation is 1. The molecule has 3 rings (SSSR count). The molecule has 6 heteroatoms. The van der Waals surface area contributed by atoms with Gasteiger partial charge in [-0.3, -0.25) is 0 Å². The van der Waals surface area contributed by atoms with E-state index in [0.29, 0.717) is 6.42 Å². The van der Waals surface area contributed by atoms with E-state index in [4.69, 9.17) is 9.72 Å². The molecule has 36 heavy (non-hydrogen) atoms. The van der Waals surface area contributed by atoms with Crippen LogP contribution < -0.4 is 0 Å². The second-order valence-corrected chi connectivity index (χ2v) is 10.8. The number of nitrogens with zero attached hydrogens (tertiary/aromatic N) is 1. The van der Waals surface area contributed by atoms with Crippen molar-refractivity contribution in [3.8, 4) is 10.6 Å².